The summed E-state index contributed by atoms with van der Waals surface area (Å²) < 4.78 is 13.3. The molecule has 0 saturated carbocycles. The first kappa shape index (κ1) is 15.5. The molecule has 102 valence electrons. The lowest BCUT2D eigenvalue weighted by Crippen LogP contribution is -2.22. The van der Waals surface area contributed by atoms with Crippen LogP contribution in [-0.2, 0) is 6.42 Å². The van der Waals surface area contributed by atoms with Crippen molar-refractivity contribution in [3.8, 4) is 0 Å². The molecule has 18 heavy (non-hydrogen) atoms. The zero-order valence-electron chi connectivity index (χ0n) is 11.7. The van der Waals surface area contributed by atoms with Gasteiger partial charge in [-0.1, -0.05) is 27.7 Å². The molecule has 0 bridgehead atoms. The Morgan fingerprint density at radius 1 is 1.28 bits per heavy atom. The largest absolute Gasteiger partial charge is 0.327 e. The highest BCUT2D eigenvalue weighted by Crippen LogP contribution is 2.31. The van der Waals surface area contributed by atoms with Crippen molar-refractivity contribution in [3.63, 3.8) is 0 Å². The van der Waals surface area contributed by atoms with Crippen molar-refractivity contribution in [1.29, 1.82) is 0 Å². The molecule has 2 atom stereocenters. The summed E-state index contributed by atoms with van der Waals surface area (Å²) in [7, 11) is 0. The van der Waals surface area contributed by atoms with Gasteiger partial charge in [-0.2, -0.15) is 0 Å². The third kappa shape index (κ3) is 4.62. The molecule has 0 aromatic heterocycles. The zero-order chi connectivity index (χ0) is 13.7. The van der Waals surface area contributed by atoms with Crippen LogP contribution < -0.4 is 5.73 Å². The Labute approximate surface area is 114 Å². The molecule has 1 aromatic carbocycles. The van der Waals surface area contributed by atoms with Crippen molar-refractivity contribution in [1.82, 2.24) is 0 Å². The summed E-state index contributed by atoms with van der Waals surface area (Å²) in [6.07, 6.45) is 1.67. The SMILES string of the molecule is CCC(N)Cc1cc(F)ccc1SC(C)C(C)C. The average molecular weight is 269 g/mol. The molecule has 0 aliphatic rings. The van der Waals surface area contributed by atoms with Crippen LogP contribution in [0.3, 0.4) is 0 Å². The second kappa shape index (κ2) is 7.15. The van der Waals surface area contributed by atoms with Crippen molar-refractivity contribution in [2.75, 3.05) is 0 Å². The molecule has 0 spiro atoms. The first-order valence-corrected chi connectivity index (χ1v) is 7.52. The number of benzene rings is 1. The molecule has 0 amide bonds. The maximum atomic E-state index is 13.3. The molecule has 2 unspecified atom stereocenters. The third-order valence-electron chi connectivity index (χ3n) is 3.28. The topological polar surface area (TPSA) is 26.0 Å². The maximum absolute atomic E-state index is 13.3. The van der Waals surface area contributed by atoms with Crippen LogP contribution >= 0.6 is 11.8 Å². The van der Waals surface area contributed by atoms with Gasteiger partial charge in [0, 0.05) is 16.2 Å². The number of hydrogen-bond acceptors (Lipinski definition) is 2. The van der Waals surface area contributed by atoms with E-state index in [1.807, 2.05) is 17.8 Å². The minimum absolute atomic E-state index is 0.112. The Morgan fingerprint density at radius 3 is 2.50 bits per heavy atom. The fourth-order valence-corrected chi connectivity index (χ4v) is 2.70. The Balaban J connectivity index is 2.89. The molecule has 1 rings (SSSR count). The molecule has 1 aromatic rings. The van der Waals surface area contributed by atoms with Crippen LogP contribution in [0.2, 0.25) is 0 Å². The van der Waals surface area contributed by atoms with Crippen LogP contribution in [0.1, 0.15) is 39.7 Å². The average Bonchev–Trinajstić information content (AvgIpc) is 2.32. The van der Waals surface area contributed by atoms with Crippen molar-refractivity contribution >= 4 is 11.8 Å². The van der Waals surface area contributed by atoms with Crippen molar-refractivity contribution in [2.45, 2.75) is 56.7 Å². The van der Waals surface area contributed by atoms with Gasteiger partial charge in [-0.15, -0.1) is 11.8 Å². The molecule has 0 aliphatic carbocycles. The van der Waals surface area contributed by atoms with Crippen LogP contribution in [0.25, 0.3) is 0 Å². The van der Waals surface area contributed by atoms with Crippen molar-refractivity contribution < 1.29 is 4.39 Å². The second-order valence-electron chi connectivity index (χ2n) is 5.19. The van der Waals surface area contributed by atoms with Gasteiger partial charge in [0.1, 0.15) is 5.82 Å². The Hall–Kier alpha value is -0.540. The minimum atomic E-state index is -0.171. The standard InChI is InChI=1S/C15H24FNS/c1-5-14(17)9-12-8-13(16)6-7-15(12)18-11(4)10(2)3/h6-8,10-11,14H,5,9,17H2,1-4H3. The summed E-state index contributed by atoms with van der Waals surface area (Å²) in [6.45, 7) is 8.69. The molecular weight excluding hydrogens is 245 g/mol. The predicted molar refractivity (Wildman–Crippen MR) is 78.5 cm³/mol. The zero-order valence-corrected chi connectivity index (χ0v) is 12.6. The number of rotatable bonds is 6. The van der Waals surface area contributed by atoms with E-state index in [4.69, 9.17) is 5.73 Å². The first-order chi connectivity index (χ1) is 8.43. The fourth-order valence-electron chi connectivity index (χ4n) is 1.59. The Bertz CT molecular complexity index is 379. The van der Waals surface area contributed by atoms with E-state index in [9.17, 15) is 4.39 Å². The lowest BCUT2D eigenvalue weighted by atomic mass is 10.0. The number of hydrogen-bond donors (Lipinski definition) is 1. The summed E-state index contributed by atoms with van der Waals surface area (Å²) >= 11 is 1.82. The number of thioether (sulfide) groups is 1. The molecule has 3 heteroatoms. The van der Waals surface area contributed by atoms with Crippen LogP contribution in [-0.4, -0.2) is 11.3 Å². The number of nitrogens with two attached hydrogens (primary N) is 1. The lowest BCUT2D eigenvalue weighted by Gasteiger charge is -2.18. The van der Waals surface area contributed by atoms with Gasteiger partial charge in [-0.05, 0) is 42.5 Å². The first-order valence-electron chi connectivity index (χ1n) is 6.64. The molecule has 0 fully saturated rings. The Morgan fingerprint density at radius 2 is 1.94 bits per heavy atom. The molecule has 1 nitrogen and oxygen atoms in total. The van der Waals surface area contributed by atoms with E-state index in [-0.39, 0.29) is 11.9 Å². The van der Waals surface area contributed by atoms with Gasteiger partial charge in [0.05, 0.1) is 0 Å². The highest BCUT2D eigenvalue weighted by molar-refractivity contribution is 8.00. The lowest BCUT2D eigenvalue weighted by molar-refractivity contribution is 0.608. The Kier molecular flexibility index (Phi) is 6.16. The third-order valence-corrected chi connectivity index (χ3v) is 4.85. The monoisotopic (exact) mass is 269 g/mol. The van der Waals surface area contributed by atoms with E-state index < -0.39 is 0 Å². The van der Waals surface area contributed by atoms with Crippen LogP contribution in [0, 0.1) is 11.7 Å². The molecule has 2 N–H and O–H groups in total. The van der Waals surface area contributed by atoms with Gasteiger partial charge >= 0.3 is 0 Å². The quantitative estimate of drug-likeness (QED) is 0.782. The van der Waals surface area contributed by atoms with Crippen LogP contribution in [0.15, 0.2) is 23.1 Å². The maximum Gasteiger partial charge on any atom is 0.123 e. The predicted octanol–water partition coefficient (Wildman–Crippen LogP) is 4.24. The van der Waals surface area contributed by atoms with E-state index in [0.717, 1.165) is 18.4 Å². The summed E-state index contributed by atoms with van der Waals surface area (Å²) in [6, 6.07) is 5.16. The summed E-state index contributed by atoms with van der Waals surface area (Å²) in [5.41, 5.74) is 7.03. The van der Waals surface area contributed by atoms with Gasteiger partial charge in [-0.3, -0.25) is 0 Å². The van der Waals surface area contributed by atoms with Gasteiger partial charge in [0.15, 0.2) is 0 Å². The van der Waals surface area contributed by atoms with E-state index in [0.29, 0.717) is 11.2 Å². The van der Waals surface area contributed by atoms with E-state index in [1.54, 1.807) is 6.07 Å². The van der Waals surface area contributed by atoms with Gasteiger partial charge < -0.3 is 5.73 Å². The van der Waals surface area contributed by atoms with Gasteiger partial charge in [0.2, 0.25) is 0 Å². The molecule has 0 radical (unpaired) electrons. The molecule has 0 aliphatic heterocycles. The smallest absolute Gasteiger partial charge is 0.123 e. The summed E-state index contributed by atoms with van der Waals surface area (Å²) in [4.78, 5) is 1.17. The summed E-state index contributed by atoms with van der Waals surface area (Å²) in [5.74, 6) is 0.433. The highest BCUT2D eigenvalue weighted by atomic mass is 32.2. The van der Waals surface area contributed by atoms with Crippen molar-refractivity contribution in [3.05, 3.63) is 29.6 Å². The number of halogens is 1. The van der Waals surface area contributed by atoms with Gasteiger partial charge in [-0.25, -0.2) is 4.39 Å². The molecular formula is C15H24FNS. The van der Waals surface area contributed by atoms with E-state index in [1.165, 1.54) is 11.0 Å². The van der Waals surface area contributed by atoms with E-state index >= 15 is 0 Å². The van der Waals surface area contributed by atoms with Crippen molar-refractivity contribution in [2.24, 2.45) is 11.7 Å². The minimum Gasteiger partial charge on any atom is -0.327 e. The fraction of sp³-hybridized carbons (Fsp3) is 0.600. The molecule has 0 saturated heterocycles. The van der Waals surface area contributed by atoms with Crippen LogP contribution in [0.4, 0.5) is 4.39 Å². The van der Waals surface area contributed by atoms with Gasteiger partial charge in [0.25, 0.3) is 0 Å². The summed E-state index contributed by atoms with van der Waals surface area (Å²) in [5, 5.41) is 0.520. The van der Waals surface area contributed by atoms with E-state index in [2.05, 4.69) is 27.7 Å². The second-order valence-corrected chi connectivity index (χ2v) is 6.61. The normalized spacial score (nSPS) is 14.8. The van der Waals surface area contributed by atoms with Crippen LogP contribution in [0.5, 0.6) is 0 Å². The highest BCUT2D eigenvalue weighted by Gasteiger charge is 2.14. The molecule has 0 heterocycles.